The maximum atomic E-state index is 13.9. The molecule has 0 aliphatic carbocycles. The van der Waals surface area contributed by atoms with Gasteiger partial charge in [0.15, 0.2) is 5.60 Å². The van der Waals surface area contributed by atoms with Crippen LogP contribution in [0.4, 0.5) is 18.9 Å². The number of hydrogen-bond acceptors (Lipinski definition) is 4. The maximum Gasteiger partial charge on any atom is 0.153 e. The zero-order chi connectivity index (χ0) is 15.0. The van der Waals surface area contributed by atoms with Crippen LogP contribution in [-0.2, 0) is 10.3 Å². The van der Waals surface area contributed by atoms with Crippen LogP contribution in [0.25, 0.3) is 0 Å². The van der Waals surface area contributed by atoms with Gasteiger partial charge < -0.3 is 16.2 Å². The third-order valence-corrected chi connectivity index (χ3v) is 3.73. The van der Waals surface area contributed by atoms with Gasteiger partial charge in [-0.1, -0.05) is 0 Å². The lowest BCUT2D eigenvalue weighted by Gasteiger charge is -2.47. The van der Waals surface area contributed by atoms with Crippen molar-refractivity contribution in [2.45, 2.75) is 24.2 Å². The van der Waals surface area contributed by atoms with E-state index in [2.05, 4.69) is 5.32 Å². The van der Waals surface area contributed by atoms with E-state index in [0.717, 1.165) is 0 Å². The molecule has 1 saturated heterocycles. The highest BCUT2D eigenvalue weighted by Crippen LogP contribution is 2.33. The smallest absolute Gasteiger partial charge is 0.153 e. The fourth-order valence-corrected chi connectivity index (χ4v) is 2.29. The quantitative estimate of drug-likeness (QED) is 0.731. The molecule has 0 radical (unpaired) electrons. The second-order valence-corrected chi connectivity index (χ2v) is 5.31. The van der Waals surface area contributed by atoms with Gasteiger partial charge in [-0.2, -0.15) is 0 Å². The normalized spacial score (nSPS) is 29.4. The van der Waals surface area contributed by atoms with Gasteiger partial charge in [0.1, 0.15) is 19.2 Å². The summed E-state index contributed by atoms with van der Waals surface area (Å²) in [5, 5.41) is 2.85. The van der Waals surface area contributed by atoms with Crippen molar-refractivity contribution in [2.24, 2.45) is 5.73 Å². The van der Waals surface area contributed by atoms with Crippen molar-refractivity contribution >= 4 is 5.69 Å². The van der Waals surface area contributed by atoms with Crippen LogP contribution in [0.2, 0.25) is 0 Å². The molecule has 1 fully saturated rings. The Bertz CT molecular complexity index is 496. The van der Waals surface area contributed by atoms with E-state index >= 15 is 0 Å². The highest BCUT2D eigenvalue weighted by atomic mass is 19.1. The molecule has 0 saturated carbocycles. The third-order valence-electron chi connectivity index (χ3n) is 3.73. The molecule has 7 heteroatoms. The number of hydrogen-bond donors (Lipinski definition) is 3. The first-order valence-electron chi connectivity index (χ1n) is 6.21. The lowest BCUT2D eigenvalue weighted by Crippen LogP contribution is -2.70. The summed E-state index contributed by atoms with van der Waals surface area (Å²) in [5.74, 6) is -0.488. The predicted molar refractivity (Wildman–Crippen MR) is 69.9 cm³/mol. The standard InChI is InChI=1S/C13H18F3N3O/c1-12(9-4-8(17)2-3-10(9)16)7-20-13(5-14,6-15)11(18)19-12/h2-4,11,19H,5-7,17-18H2,1H3/t11?,12-/m0/s1. The molecule has 20 heavy (non-hydrogen) atoms. The van der Waals surface area contributed by atoms with Gasteiger partial charge in [0.2, 0.25) is 0 Å². The molecule has 1 heterocycles. The van der Waals surface area contributed by atoms with Crippen LogP contribution < -0.4 is 16.8 Å². The average Bonchev–Trinajstić information content (AvgIpc) is 2.42. The molecule has 112 valence electrons. The summed E-state index contributed by atoms with van der Waals surface area (Å²) < 4.78 is 45.2. The topological polar surface area (TPSA) is 73.3 Å². The molecule has 1 aliphatic heterocycles. The average molecular weight is 289 g/mol. The van der Waals surface area contributed by atoms with E-state index in [4.69, 9.17) is 16.2 Å². The Balaban J connectivity index is 2.32. The second-order valence-electron chi connectivity index (χ2n) is 5.31. The largest absolute Gasteiger partial charge is 0.399 e. The number of benzene rings is 1. The Morgan fingerprint density at radius 3 is 2.60 bits per heavy atom. The molecule has 2 atom stereocenters. The predicted octanol–water partition coefficient (Wildman–Crippen LogP) is 1.21. The van der Waals surface area contributed by atoms with Gasteiger partial charge in [-0.25, -0.2) is 13.2 Å². The minimum absolute atomic E-state index is 0.116. The molecule has 1 unspecified atom stereocenters. The summed E-state index contributed by atoms with van der Waals surface area (Å²) in [5.41, 5.74) is 9.31. The number of rotatable bonds is 3. The van der Waals surface area contributed by atoms with Crippen LogP contribution in [0.5, 0.6) is 0 Å². The van der Waals surface area contributed by atoms with Crippen LogP contribution in [0, 0.1) is 5.82 Å². The van der Waals surface area contributed by atoms with Gasteiger partial charge in [0, 0.05) is 11.3 Å². The number of ether oxygens (including phenoxy) is 1. The summed E-state index contributed by atoms with van der Waals surface area (Å²) in [7, 11) is 0. The van der Waals surface area contributed by atoms with E-state index in [-0.39, 0.29) is 12.2 Å². The Labute approximate surface area is 115 Å². The fraction of sp³-hybridized carbons (Fsp3) is 0.538. The van der Waals surface area contributed by atoms with Crippen molar-refractivity contribution in [2.75, 3.05) is 25.7 Å². The van der Waals surface area contributed by atoms with Gasteiger partial charge in [-0.05, 0) is 25.1 Å². The van der Waals surface area contributed by atoms with Crippen molar-refractivity contribution in [1.82, 2.24) is 5.32 Å². The lowest BCUT2D eigenvalue weighted by atomic mass is 9.87. The zero-order valence-electron chi connectivity index (χ0n) is 11.1. The number of anilines is 1. The Kier molecular flexibility index (Phi) is 3.95. The van der Waals surface area contributed by atoms with E-state index in [1.54, 1.807) is 6.92 Å². The third kappa shape index (κ3) is 2.36. The van der Waals surface area contributed by atoms with Crippen LogP contribution in [0.3, 0.4) is 0 Å². The molecule has 0 spiro atoms. The highest BCUT2D eigenvalue weighted by Gasteiger charge is 2.48. The minimum Gasteiger partial charge on any atom is -0.399 e. The monoisotopic (exact) mass is 289 g/mol. The number of nitrogen functional groups attached to an aromatic ring is 1. The first-order chi connectivity index (χ1) is 9.37. The van der Waals surface area contributed by atoms with Gasteiger partial charge in [0.25, 0.3) is 0 Å². The maximum absolute atomic E-state index is 13.9. The molecule has 4 nitrogen and oxygen atoms in total. The van der Waals surface area contributed by atoms with Crippen molar-refractivity contribution in [3.05, 3.63) is 29.6 Å². The number of halogens is 3. The number of nitrogens with one attached hydrogen (secondary N) is 1. The van der Waals surface area contributed by atoms with E-state index in [9.17, 15) is 13.2 Å². The summed E-state index contributed by atoms with van der Waals surface area (Å²) in [4.78, 5) is 0. The SMILES string of the molecule is C[C@@]1(c2cc(N)ccc2F)COC(CF)(CF)C(N)N1. The van der Waals surface area contributed by atoms with Crippen molar-refractivity contribution in [1.29, 1.82) is 0 Å². The van der Waals surface area contributed by atoms with Gasteiger partial charge in [0.05, 0.1) is 18.3 Å². The van der Waals surface area contributed by atoms with Gasteiger partial charge in [-0.3, -0.25) is 5.32 Å². The summed E-state index contributed by atoms with van der Waals surface area (Å²) in [6.45, 7) is -0.597. The van der Waals surface area contributed by atoms with Gasteiger partial charge in [-0.15, -0.1) is 0 Å². The van der Waals surface area contributed by atoms with E-state index in [1.165, 1.54) is 18.2 Å². The molecule has 5 N–H and O–H groups in total. The number of nitrogens with two attached hydrogens (primary N) is 2. The molecule has 0 bridgehead atoms. The molecule has 2 rings (SSSR count). The van der Waals surface area contributed by atoms with E-state index in [1.807, 2.05) is 0 Å². The number of morpholine rings is 1. The number of alkyl halides is 2. The fourth-order valence-electron chi connectivity index (χ4n) is 2.29. The minimum atomic E-state index is -1.73. The van der Waals surface area contributed by atoms with Crippen molar-refractivity contribution in [3.8, 4) is 0 Å². The summed E-state index contributed by atoms with van der Waals surface area (Å²) in [6, 6.07) is 4.12. The van der Waals surface area contributed by atoms with Crippen LogP contribution in [0.1, 0.15) is 12.5 Å². The van der Waals surface area contributed by atoms with Crippen LogP contribution >= 0.6 is 0 Å². The molecular weight excluding hydrogens is 271 g/mol. The molecule has 1 aromatic rings. The Hall–Kier alpha value is -1.31. The van der Waals surface area contributed by atoms with Gasteiger partial charge >= 0.3 is 0 Å². The highest BCUT2D eigenvalue weighted by molar-refractivity contribution is 5.44. The Morgan fingerprint density at radius 1 is 1.40 bits per heavy atom. The Morgan fingerprint density at radius 2 is 2.05 bits per heavy atom. The first kappa shape index (κ1) is 15.1. The lowest BCUT2D eigenvalue weighted by molar-refractivity contribution is -0.154. The van der Waals surface area contributed by atoms with Crippen LogP contribution in [-0.4, -0.2) is 31.7 Å². The second kappa shape index (κ2) is 5.23. The molecule has 1 aromatic carbocycles. The van der Waals surface area contributed by atoms with Crippen molar-refractivity contribution < 1.29 is 17.9 Å². The first-order valence-corrected chi connectivity index (χ1v) is 6.21. The molecule has 1 aliphatic rings. The van der Waals surface area contributed by atoms with E-state index in [0.29, 0.717) is 5.69 Å². The molecule has 0 amide bonds. The summed E-state index contributed by atoms with van der Waals surface area (Å²) >= 11 is 0. The van der Waals surface area contributed by atoms with E-state index < -0.39 is 36.5 Å². The van der Waals surface area contributed by atoms with Crippen LogP contribution in [0.15, 0.2) is 18.2 Å². The molecule has 0 aromatic heterocycles. The zero-order valence-corrected chi connectivity index (χ0v) is 11.1. The summed E-state index contributed by atoms with van der Waals surface area (Å²) in [6.07, 6.45) is -1.10. The van der Waals surface area contributed by atoms with Crippen molar-refractivity contribution in [3.63, 3.8) is 0 Å². The molecular formula is C13H18F3N3O.